The smallest absolute Gasteiger partial charge is 0.341 e. The molecule has 1 heterocycles. The molecule has 0 bridgehead atoms. The van der Waals surface area contributed by atoms with Gasteiger partial charge < -0.3 is 9.47 Å². The summed E-state index contributed by atoms with van der Waals surface area (Å²) in [5, 5.41) is 4.69. The summed E-state index contributed by atoms with van der Waals surface area (Å²) in [5.41, 5.74) is 2.95. The molecule has 0 radical (unpaired) electrons. The highest BCUT2D eigenvalue weighted by Crippen LogP contribution is 2.27. The quantitative estimate of drug-likeness (QED) is 0.263. The number of carbonyl (C=O) groups is 2. The Bertz CT molecular complexity index is 1030. The number of para-hydroxylation sites is 1. The number of hydrogen-bond donors (Lipinski definition) is 0. The van der Waals surface area contributed by atoms with Crippen molar-refractivity contribution in [2.24, 2.45) is 0 Å². The molecule has 0 saturated heterocycles. The van der Waals surface area contributed by atoms with Crippen molar-refractivity contribution in [3.63, 3.8) is 0 Å². The molecule has 0 aliphatic rings. The molecule has 3 aromatic rings. The number of methoxy groups -OCH3 is 1. The number of nitrogens with zero attached hydrogens (tertiary/aromatic N) is 2. The zero-order valence-corrected chi connectivity index (χ0v) is 16.6. The van der Waals surface area contributed by atoms with Gasteiger partial charge in [-0.2, -0.15) is 5.10 Å². The Hall–Kier alpha value is -3.67. The third-order valence-electron chi connectivity index (χ3n) is 4.30. The maximum absolute atomic E-state index is 12.2. The molecule has 6 heteroatoms. The van der Waals surface area contributed by atoms with Crippen LogP contribution >= 0.6 is 0 Å². The Kier molecular flexibility index (Phi) is 6.24. The Morgan fingerprint density at radius 1 is 1.07 bits per heavy atom. The highest BCUT2D eigenvalue weighted by Gasteiger charge is 2.19. The third-order valence-corrected chi connectivity index (χ3v) is 4.30. The molecule has 0 N–H and O–H groups in total. The maximum atomic E-state index is 12.2. The molecule has 29 heavy (non-hydrogen) atoms. The summed E-state index contributed by atoms with van der Waals surface area (Å²) < 4.78 is 12.0. The highest BCUT2D eigenvalue weighted by atomic mass is 16.5. The molecular formula is C23H22N2O4. The maximum Gasteiger partial charge on any atom is 0.341 e. The Morgan fingerprint density at radius 2 is 1.76 bits per heavy atom. The minimum atomic E-state index is -0.645. The first-order valence-corrected chi connectivity index (χ1v) is 9.22. The van der Waals surface area contributed by atoms with Gasteiger partial charge in [-0.05, 0) is 56.3 Å². The van der Waals surface area contributed by atoms with E-state index in [0.29, 0.717) is 11.3 Å². The van der Waals surface area contributed by atoms with Crippen LogP contribution in [0.1, 0.15) is 19.4 Å². The van der Waals surface area contributed by atoms with Crippen molar-refractivity contribution in [3.8, 4) is 22.7 Å². The van der Waals surface area contributed by atoms with Gasteiger partial charge >= 0.3 is 5.97 Å². The van der Waals surface area contributed by atoms with Crippen LogP contribution in [0, 0.1) is 0 Å². The summed E-state index contributed by atoms with van der Waals surface area (Å²) in [7, 11) is 1.60. The average Bonchev–Trinajstić information content (AvgIpc) is 3.16. The van der Waals surface area contributed by atoms with Gasteiger partial charge in [0.2, 0.25) is 0 Å². The normalized spacial score (nSPS) is 11.2. The summed E-state index contributed by atoms with van der Waals surface area (Å²) in [6, 6.07) is 17.0. The van der Waals surface area contributed by atoms with Crippen molar-refractivity contribution in [3.05, 3.63) is 71.9 Å². The van der Waals surface area contributed by atoms with E-state index in [-0.39, 0.29) is 18.0 Å². The number of carbonyl (C=O) groups excluding carboxylic acids is 2. The number of aromatic nitrogens is 2. The number of benzene rings is 2. The molecule has 0 amide bonds. The average molecular weight is 390 g/mol. The predicted octanol–water partition coefficient (Wildman–Crippen LogP) is 4.08. The zero-order valence-electron chi connectivity index (χ0n) is 16.6. The molecule has 0 atom stereocenters. The molecule has 2 aromatic carbocycles. The summed E-state index contributed by atoms with van der Waals surface area (Å²) in [6.45, 7) is 3.24. The molecule has 0 saturated carbocycles. The molecule has 6 nitrogen and oxygen atoms in total. The van der Waals surface area contributed by atoms with Crippen LogP contribution in [-0.4, -0.2) is 35.2 Å². The van der Waals surface area contributed by atoms with Crippen molar-refractivity contribution in [2.45, 2.75) is 13.8 Å². The fourth-order valence-electron chi connectivity index (χ4n) is 2.85. The lowest BCUT2D eigenvalue weighted by Crippen LogP contribution is -2.13. The number of esters is 1. The van der Waals surface area contributed by atoms with Crippen LogP contribution < -0.4 is 4.74 Å². The minimum absolute atomic E-state index is 0.0192. The fourth-order valence-corrected chi connectivity index (χ4v) is 2.85. The number of rotatable bonds is 7. The third kappa shape index (κ3) is 4.60. The van der Waals surface area contributed by atoms with E-state index >= 15 is 0 Å². The molecule has 0 aliphatic heterocycles. The number of ether oxygens (including phenoxy) is 2. The van der Waals surface area contributed by atoms with Crippen molar-refractivity contribution in [1.29, 1.82) is 0 Å². The van der Waals surface area contributed by atoms with Crippen molar-refractivity contribution in [1.82, 2.24) is 9.78 Å². The van der Waals surface area contributed by atoms with Crippen molar-refractivity contribution < 1.29 is 19.1 Å². The second-order valence-electron chi connectivity index (χ2n) is 6.28. The first-order chi connectivity index (χ1) is 14.0. The van der Waals surface area contributed by atoms with Gasteiger partial charge in [0, 0.05) is 17.3 Å². The summed E-state index contributed by atoms with van der Waals surface area (Å²) in [6.07, 6.45) is 3.32. The SMILES string of the molecule is CCOC(=O)C(=Cc1cn(-c2ccccc2)nc1-c1ccc(OC)cc1)C(C)=O. The van der Waals surface area contributed by atoms with Crippen LogP contribution in [0.15, 0.2) is 66.4 Å². The first kappa shape index (κ1) is 20.1. The van der Waals surface area contributed by atoms with Gasteiger partial charge in [0.15, 0.2) is 5.78 Å². The van der Waals surface area contributed by atoms with E-state index in [2.05, 4.69) is 0 Å². The predicted molar refractivity (Wildman–Crippen MR) is 111 cm³/mol. The van der Waals surface area contributed by atoms with E-state index in [1.54, 1.807) is 24.9 Å². The lowest BCUT2D eigenvalue weighted by atomic mass is 10.0. The van der Waals surface area contributed by atoms with Gasteiger partial charge in [0.1, 0.15) is 11.3 Å². The molecule has 1 aromatic heterocycles. The van der Waals surface area contributed by atoms with Gasteiger partial charge in [-0.1, -0.05) is 18.2 Å². The van der Waals surface area contributed by atoms with Gasteiger partial charge in [-0.3, -0.25) is 4.79 Å². The van der Waals surface area contributed by atoms with E-state index in [4.69, 9.17) is 14.6 Å². The zero-order chi connectivity index (χ0) is 20.8. The standard InChI is InChI=1S/C23H22N2O4/c1-4-29-23(27)21(16(2)26)14-18-15-25(19-8-6-5-7-9-19)24-22(18)17-10-12-20(28-3)13-11-17/h5-15H,4H2,1-3H3. The molecular weight excluding hydrogens is 368 g/mol. The second kappa shape index (κ2) is 9.01. The van der Waals surface area contributed by atoms with Gasteiger partial charge in [0.05, 0.1) is 25.1 Å². The number of ketones is 1. The topological polar surface area (TPSA) is 70.4 Å². The van der Waals surface area contributed by atoms with Crippen LogP contribution in [0.25, 0.3) is 23.0 Å². The van der Waals surface area contributed by atoms with Gasteiger partial charge in [-0.15, -0.1) is 0 Å². The van der Waals surface area contributed by atoms with Crippen LogP contribution in [0.3, 0.4) is 0 Å². The number of hydrogen-bond acceptors (Lipinski definition) is 5. The Labute approximate surface area is 169 Å². The van der Waals surface area contributed by atoms with Crippen LogP contribution in [-0.2, 0) is 14.3 Å². The largest absolute Gasteiger partial charge is 0.497 e. The van der Waals surface area contributed by atoms with E-state index in [0.717, 1.165) is 17.0 Å². The van der Waals surface area contributed by atoms with Gasteiger partial charge in [-0.25, -0.2) is 9.48 Å². The lowest BCUT2D eigenvalue weighted by Gasteiger charge is -2.05. The second-order valence-corrected chi connectivity index (χ2v) is 6.28. The van der Waals surface area contributed by atoms with Crippen molar-refractivity contribution in [2.75, 3.05) is 13.7 Å². The van der Waals surface area contributed by atoms with Gasteiger partial charge in [0.25, 0.3) is 0 Å². The van der Waals surface area contributed by atoms with E-state index < -0.39 is 5.97 Å². The van der Waals surface area contributed by atoms with Crippen LogP contribution in [0.4, 0.5) is 0 Å². The molecule has 148 valence electrons. The van der Waals surface area contributed by atoms with Crippen LogP contribution in [0.5, 0.6) is 5.75 Å². The summed E-state index contributed by atoms with van der Waals surface area (Å²) in [5.74, 6) is -0.283. The Balaban J connectivity index is 2.15. The molecule has 0 aliphatic carbocycles. The summed E-state index contributed by atoms with van der Waals surface area (Å²) in [4.78, 5) is 24.3. The highest BCUT2D eigenvalue weighted by molar-refractivity contribution is 6.20. The van der Waals surface area contributed by atoms with Crippen LogP contribution in [0.2, 0.25) is 0 Å². The Morgan fingerprint density at radius 3 is 2.34 bits per heavy atom. The van der Waals surface area contributed by atoms with E-state index in [1.165, 1.54) is 13.0 Å². The van der Waals surface area contributed by atoms with E-state index in [9.17, 15) is 9.59 Å². The first-order valence-electron chi connectivity index (χ1n) is 9.22. The van der Waals surface area contributed by atoms with E-state index in [1.807, 2.05) is 54.6 Å². The molecule has 0 unspecified atom stereocenters. The number of Topliss-reactive ketones (excluding diaryl/α,β-unsaturated/α-hetero) is 1. The lowest BCUT2D eigenvalue weighted by molar-refractivity contribution is -0.139. The molecule has 3 rings (SSSR count). The minimum Gasteiger partial charge on any atom is -0.497 e. The summed E-state index contributed by atoms with van der Waals surface area (Å²) >= 11 is 0. The van der Waals surface area contributed by atoms with Crippen molar-refractivity contribution >= 4 is 17.8 Å². The molecule has 0 spiro atoms. The molecule has 0 fully saturated rings. The monoisotopic (exact) mass is 390 g/mol. The fraction of sp³-hybridized carbons (Fsp3) is 0.174.